The molecule has 0 saturated carbocycles. The molecule has 0 atom stereocenters. The minimum Gasteiger partial charge on any atom is -0.273 e. The van der Waals surface area contributed by atoms with E-state index >= 15 is 0 Å². The van der Waals surface area contributed by atoms with Crippen molar-refractivity contribution in [1.82, 2.24) is 15.0 Å². The van der Waals surface area contributed by atoms with Crippen LogP contribution in [0.5, 0.6) is 0 Å². The Balaban J connectivity index is 1.42. The Labute approximate surface area is 176 Å². The lowest BCUT2D eigenvalue weighted by atomic mass is 10.1. The van der Waals surface area contributed by atoms with Gasteiger partial charge in [0, 0.05) is 6.42 Å². The third kappa shape index (κ3) is 9.38. The molecule has 2 rings (SSSR count). The number of para-hydroxylation sites is 1. The van der Waals surface area contributed by atoms with E-state index in [0.717, 1.165) is 23.9 Å². The smallest absolute Gasteiger partial charge is 0.248 e. The second-order valence-electron chi connectivity index (χ2n) is 8.07. The molecule has 0 saturated heterocycles. The van der Waals surface area contributed by atoms with Gasteiger partial charge < -0.3 is 0 Å². The zero-order valence-corrected chi connectivity index (χ0v) is 18.3. The summed E-state index contributed by atoms with van der Waals surface area (Å²) in [6, 6.07) is 7.59. The van der Waals surface area contributed by atoms with Crippen molar-refractivity contribution in [2.24, 2.45) is 0 Å². The number of fused-ring (bicyclic) bond motifs is 1. The summed E-state index contributed by atoms with van der Waals surface area (Å²) in [5.74, 6) is 0.0254. The Morgan fingerprint density at radius 3 is 2.10 bits per heavy atom. The molecule has 0 fully saturated rings. The molecule has 1 aromatic heterocycles. The maximum absolute atomic E-state index is 12.3. The molecule has 0 radical (unpaired) electrons. The predicted molar refractivity (Wildman–Crippen MR) is 122 cm³/mol. The fraction of sp³-hybridized carbons (Fsp3) is 0.640. The van der Waals surface area contributed by atoms with Crippen LogP contribution < -0.4 is 0 Å². The molecule has 1 aromatic carbocycles. The van der Waals surface area contributed by atoms with Gasteiger partial charge in [-0.2, -0.15) is 4.68 Å². The average Bonchev–Trinajstić information content (AvgIpc) is 3.17. The molecule has 1 heterocycles. The van der Waals surface area contributed by atoms with E-state index in [1.807, 2.05) is 24.3 Å². The number of allylic oxidation sites excluding steroid dienone is 2. The summed E-state index contributed by atoms with van der Waals surface area (Å²) >= 11 is 0. The Hall–Kier alpha value is -1.97. The lowest BCUT2D eigenvalue weighted by Gasteiger charge is -2.02. The van der Waals surface area contributed by atoms with Gasteiger partial charge in [-0.25, -0.2) is 0 Å². The number of nitrogens with zero attached hydrogens (tertiary/aromatic N) is 3. The van der Waals surface area contributed by atoms with E-state index in [0.29, 0.717) is 6.42 Å². The molecule has 0 N–H and O–H groups in total. The van der Waals surface area contributed by atoms with Crippen LogP contribution in [0.15, 0.2) is 36.4 Å². The summed E-state index contributed by atoms with van der Waals surface area (Å²) in [5, 5.41) is 8.03. The van der Waals surface area contributed by atoms with Crippen molar-refractivity contribution in [2.75, 3.05) is 0 Å². The van der Waals surface area contributed by atoms with Gasteiger partial charge in [0.2, 0.25) is 5.91 Å². The minimum absolute atomic E-state index is 0.0254. The number of carbonyl (C=O) groups excluding carboxylic acids is 1. The molecule has 2 aromatic rings. The van der Waals surface area contributed by atoms with Crippen LogP contribution in [-0.2, 0) is 0 Å². The number of hydrogen-bond acceptors (Lipinski definition) is 3. The first-order chi connectivity index (χ1) is 14.3. The lowest BCUT2D eigenvalue weighted by molar-refractivity contribution is 0.0887. The second-order valence-corrected chi connectivity index (χ2v) is 8.07. The summed E-state index contributed by atoms with van der Waals surface area (Å²) in [6.07, 6.45) is 23.3. The van der Waals surface area contributed by atoms with Gasteiger partial charge in [0.05, 0.1) is 5.52 Å². The van der Waals surface area contributed by atoms with Crippen molar-refractivity contribution < 1.29 is 4.79 Å². The molecular formula is C25H39N3O. The van der Waals surface area contributed by atoms with E-state index in [2.05, 4.69) is 29.4 Å². The number of aromatic nitrogens is 3. The fourth-order valence-corrected chi connectivity index (χ4v) is 3.69. The summed E-state index contributed by atoms with van der Waals surface area (Å²) in [5.41, 5.74) is 1.57. The quantitative estimate of drug-likeness (QED) is 0.218. The number of benzene rings is 1. The maximum Gasteiger partial charge on any atom is 0.248 e. The van der Waals surface area contributed by atoms with Crippen molar-refractivity contribution in [3.8, 4) is 0 Å². The third-order valence-electron chi connectivity index (χ3n) is 5.49. The van der Waals surface area contributed by atoms with E-state index in [4.69, 9.17) is 0 Å². The average molecular weight is 398 g/mol. The van der Waals surface area contributed by atoms with Crippen molar-refractivity contribution in [2.45, 2.75) is 103 Å². The van der Waals surface area contributed by atoms with E-state index in [1.165, 1.54) is 81.7 Å². The zero-order valence-electron chi connectivity index (χ0n) is 18.3. The van der Waals surface area contributed by atoms with Crippen LogP contribution in [-0.4, -0.2) is 20.9 Å². The van der Waals surface area contributed by atoms with Crippen LogP contribution in [0.1, 0.15) is 108 Å². The molecular weight excluding hydrogens is 358 g/mol. The molecule has 4 nitrogen and oxygen atoms in total. The highest BCUT2D eigenvalue weighted by Gasteiger charge is 2.10. The fourth-order valence-electron chi connectivity index (χ4n) is 3.69. The molecule has 4 heteroatoms. The zero-order chi connectivity index (χ0) is 20.6. The van der Waals surface area contributed by atoms with Crippen LogP contribution >= 0.6 is 0 Å². The minimum atomic E-state index is 0.0254. The van der Waals surface area contributed by atoms with Gasteiger partial charge in [-0.15, -0.1) is 5.10 Å². The monoisotopic (exact) mass is 397 g/mol. The van der Waals surface area contributed by atoms with E-state index in [1.54, 1.807) is 0 Å². The molecule has 160 valence electrons. The summed E-state index contributed by atoms with van der Waals surface area (Å²) in [6.45, 7) is 2.28. The number of hydrogen-bond donors (Lipinski definition) is 0. The Kier molecular flexibility index (Phi) is 12.0. The van der Waals surface area contributed by atoms with Crippen molar-refractivity contribution >= 4 is 16.9 Å². The normalized spacial score (nSPS) is 11.6. The largest absolute Gasteiger partial charge is 0.273 e. The van der Waals surface area contributed by atoms with Crippen molar-refractivity contribution in [1.29, 1.82) is 0 Å². The number of carbonyl (C=O) groups is 1. The molecule has 0 spiro atoms. The molecule has 0 aliphatic rings. The van der Waals surface area contributed by atoms with Crippen molar-refractivity contribution in [3.05, 3.63) is 36.4 Å². The molecule has 0 amide bonds. The van der Waals surface area contributed by atoms with Crippen LogP contribution in [0.3, 0.4) is 0 Å². The van der Waals surface area contributed by atoms with Gasteiger partial charge in [-0.05, 0) is 37.8 Å². The molecule has 0 aliphatic carbocycles. The summed E-state index contributed by atoms with van der Waals surface area (Å²) in [4.78, 5) is 12.3. The number of rotatable bonds is 16. The van der Waals surface area contributed by atoms with Gasteiger partial charge >= 0.3 is 0 Å². The standard InChI is InChI=1S/C25H39N3O/c1-2-3-4-5-6-7-8-9-10-11-12-13-14-15-16-17-22-25(29)28-24-21-19-18-20-23(24)26-27-28/h14-15,18-21H,2-13,16-17,22H2,1H3/b15-14+. The van der Waals surface area contributed by atoms with Gasteiger partial charge in [0.1, 0.15) is 5.52 Å². The molecule has 0 unspecified atom stereocenters. The Morgan fingerprint density at radius 1 is 0.828 bits per heavy atom. The van der Waals surface area contributed by atoms with Crippen molar-refractivity contribution in [3.63, 3.8) is 0 Å². The highest BCUT2D eigenvalue weighted by Crippen LogP contribution is 2.13. The maximum atomic E-state index is 12.3. The molecule has 29 heavy (non-hydrogen) atoms. The SMILES string of the molecule is CCCCCCCCCCCCC/C=C/CCCC(=O)n1nnc2ccccc21. The highest BCUT2D eigenvalue weighted by molar-refractivity contribution is 5.88. The van der Waals surface area contributed by atoms with E-state index < -0.39 is 0 Å². The van der Waals surface area contributed by atoms with Gasteiger partial charge in [0.15, 0.2) is 0 Å². The Bertz CT molecular complexity index is 720. The van der Waals surface area contributed by atoms with E-state index in [-0.39, 0.29) is 5.91 Å². The van der Waals surface area contributed by atoms with Gasteiger partial charge in [-0.3, -0.25) is 4.79 Å². The van der Waals surface area contributed by atoms with Gasteiger partial charge in [-0.1, -0.05) is 101 Å². The summed E-state index contributed by atoms with van der Waals surface area (Å²) < 4.78 is 1.43. The topological polar surface area (TPSA) is 47.8 Å². The van der Waals surface area contributed by atoms with Crippen LogP contribution in [0.25, 0.3) is 11.0 Å². The first-order valence-electron chi connectivity index (χ1n) is 11.8. The summed E-state index contributed by atoms with van der Waals surface area (Å²) in [7, 11) is 0. The van der Waals surface area contributed by atoms with Gasteiger partial charge in [0.25, 0.3) is 0 Å². The van der Waals surface area contributed by atoms with Crippen LogP contribution in [0, 0.1) is 0 Å². The molecule has 0 bridgehead atoms. The van der Waals surface area contributed by atoms with Crippen LogP contribution in [0.4, 0.5) is 0 Å². The first-order valence-corrected chi connectivity index (χ1v) is 11.8. The third-order valence-corrected chi connectivity index (χ3v) is 5.49. The molecule has 0 aliphatic heterocycles. The van der Waals surface area contributed by atoms with Crippen LogP contribution in [0.2, 0.25) is 0 Å². The van der Waals surface area contributed by atoms with E-state index in [9.17, 15) is 4.79 Å². The second kappa shape index (κ2) is 14.9. The predicted octanol–water partition coefficient (Wildman–Crippen LogP) is 7.50. The first kappa shape index (κ1) is 23.3. The highest BCUT2D eigenvalue weighted by atomic mass is 16.2. The lowest BCUT2D eigenvalue weighted by Crippen LogP contribution is -2.11. The number of unbranched alkanes of at least 4 members (excludes halogenated alkanes) is 12. The Morgan fingerprint density at radius 2 is 1.41 bits per heavy atom.